The van der Waals surface area contributed by atoms with Gasteiger partial charge in [-0.15, -0.1) is 0 Å². The molecule has 96 valence electrons. The van der Waals surface area contributed by atoms with Crippen LogP contribution in [0.1, 0.15) is 21.5 Å². The quantitative estimate of drug-likeness (QED) is 0.575. The van der Waals surface area contributed by atoms with Gasteiger partial charge in [-0.05, 0) is 0 Å². The molecule has 0 atom stereocenters. The molecule has 1 heterocycles. The average Bonchev–Trinajstić information content (AvgIpc) is 2.85. The minimum absolute atomic E-state index is 0.00970. The summed E-state index contributed by atoms with van der Waals surface area (Å²) in [6.45, 7) is 0. The molecule has 0 fully saturated rings. The van der Waals surface area contributed by atoms with Gasteiger partial charge in [0.2, 0.25) is 0 Å². The molecule has 0 saturated heterocycles. The van der Waals surface area contributed by atoms with E-state index in [1.54, 1.807) is 42.5 Å². The number of carbonyl (C=O) groups excluding carboxylic acids is 1. The van der Waals surface area contributed by atoms with Gasteiger partial charge < -0.3 is 0 Å². The molecule has 4 nitrogen and oxygen atoms in total. The van der Waals surface area contributed by atoms with Crippen molar-refractivity contribution in [1.29, 1.82) is 5.26 Å². The van der Waals surface area contributed by atoms with E-state index in [1.807, 2.05) is 6.07 Å². The van der Waals surface area contributed by atoms with Gasteiger partial charge in [0.15, 0.2) is 0 Å². The first kappa shape index (κ1) is 12.6. The van der Waals surface area contributed by atoms with E-state index in [2.05, 4.69) is 4.98 Å². The molecular formula is C15H8N2O2Se. The zero-order valence-corrected chi connectivity index (χ0v) is 11.9. The van der Waals surface area contributed by atoms with E-state index in [0.29, 0.717) is 16.7 Å². The van der Waals surface area contributed by atoms with Crippen molar-refractivity contribution < 1.29 is 4.79 Å². The van der Waals surface area contributed by atoms with Crippen molar-refractivity contribution in [2.75, 3.05) is 0 Å². The Morgan fingerprint density at radius 1 is 1.10 bits per heavy atom. The Hall–Kier alpha value is -2.41. The molecular weight excluding hydrogens is 319 g/mol. The summed E-state index contributed by atoms with van der Waals surface area (Å²) in [7, 11) is 0. The van der Waals surface area contributed by atoms with Crippen LogP contribution in [0.2, 0.25) is 0 Å². The van der Waals surface area contributed by atoms with Gasteiger partial charge in [0.1, 0.15) is 0 Å². The molecule has 20 heavy (non-hydrogen) atoms. The number of nitrogens with zero attached hydrogens (tertiary/aromatic N) is 1. The first-order valence-electron chi connectivity index (χ1n) is 5.85. The summed E-state index contributed by atoms with van der Waals surface area (Å²) in [4.78, 5) is 26.4. The van der Waals surface area contributed by atoms with Crippen LogP contribution in [0, 0.1) is 11.3 Å². The second-order valence-electron chi connectivity index (χ2n) is 4.24. The van der Waals surface area contributed by atoms with Gasteiger partial charge in [0.05, 0.1) is 0 Å². The summed E-state index contributed by atoms with van der Waals surface area (Å²) >= 11 is -0.268. The monoisotopic (exact) mass is 328 g/mol. The molecule has 0 radical (unpaired) electrons. The van der Waals surface area contributed by atoms with Crippen LogP contribution in [-0.4, -0.2) is 25.3 Å². The van der Waals surface area contributed by atoms with Crippen LogP contribution in [0.15, 0.2) is 47.3 Å². The molecule has 2 aromatic carbocycles. The van der Waals surface area contributed by atoms with Crippen LogP contribution in [0.4, 0.5) is 0 Å². The topological polar surface area (TPSA) is 73.7 Å². The van der Waals surface area contributed by atoms with Crippen LogP contribution in [0.5, 0.6) is 0 Å². The van der Waals surface area contributed by atoms with Crippen LogP contribution in [0.3, 0.4) is 0 Å². The molecule has 0 saturated carbocycles. The number of H-pyrrole nitrogens is 1. The van der Waals surface area contributed by atoms with Gasteiger partial charge in [0, 0.05) is 0 Å². The molecule has 0 aliphatic carbocycles. The summed E-state index contributed by atoms with van der Waals surface area (Å²) in [5, 5.41) is 8.74. The summed E-state index contributed by atoms with van der Waals surface area (Å²) in [5.74, 6) is -0.104. The van der Waals surface area contributed by atoms with Crippen molar-refractivity contribution in [3.05, 3.63) is 68.4 Å². The number of rotatable bonds is 2. The van der Waals surface area contributed by atoms with Gasteiger partial charge in [-0.1, -0.05) is 0 Å². The van der Waals surface area contributed by atoms with E-state index in [1.165, 1.54) is 0 Å². The van der Waals surface area contributed by atoms with Crippen molar-refractivity contribution >= 4 is 30.1 Å². The summed E-state index contributed by atoms with van der Waals surface area (Å²) in [6.07, 6.45) is 0. The predicted molar refractivity (Wildman–Crippen MR) is 76.1 cm³/mol. The maximum absolute atomic E-state index is 12.3. The minimum atomic E-state index is -0.268. The van der Waals surface area contributed by atoms with Gasteiger partial charge in [-0.3, -0.25) is 0 Å². The molecule has 0 unspecified atom stereocenters. The number of fused-ring (bicyclic) bond motifs is 1. The van der Waals surface area contributed by atoms with E-state index < -0.39 is 0 Å². The first-order valence-corrected chi connectivity index (χ1v) is 7.56. The van der Waals surface area contributed by atoms with Crippen molar-refractivity contribution in [1.82, 2.24) is 4.98 Å². The van der Waals surface area contributed by atoms with Crippen molar-refractivity contribution in [3.8, 4) is 6.07 Å². The van der Waals surface area contributed by atoms with E-state index >= 15 is 0 Å². The van der Waals surface area contributed by atoms with E-state index in [-0.39, 0.29) is 24.7 Å². The van der Waals surface area contributed by atoms with Crippen LogP contribution in [-0.2, 0) is 0 Å². The Balaban J connectivity index is 2.02. The van der Waals surface area contributed by atoms with Gasteiger partial charge >= 0.3 is 120 Å². The molecule has 1 N–H and O–H groups in total. The van der Waals surface area contributed by atoms with E-state index in [0.717, 1.165) is 9.78 Å². The Morgan fingerprint density at radius 2 is 1.80 bits per heavy atom. The summed E-state index contributed by atoms with van der Waals surface area (Å²) in [6, 6.07) is 13.8. The van der Waals surface area contributed by atoms with Crippen LogP contribution in [0.25, 0.3) is 9.78 Å². The fourth-order valence-corrected chi connectivity index (χ4v) is 3.58. The van der Waals surface area contributed by atoms with E-state index in [9.17, 15) is 9.59 Å². The zero-order valence-electron chi connectivity index (χ0n) is 10.2. The molecule has 3 rings (SSSR count). The number of hydrogen-bond acceptors (Lipinski definition) is 3. The molecule has 0 spiro atoms. The third kappa shape index (κ3) is 2.23. The molecule has 5 heteroatoms. The molecule has 0 bridgehead atoms. The number of aromatic nitrogens is 1. The first-order chi connectivity index (χ1) is 9.67. The number of carbonyl (C=O) groups is 1. The number of benzene rings is 2. The number of hydrogen-bond donors (Lipinski definition) is 1. The zero-order chi connectivity index (χ0) is 14.1. The van der Waals surface area contributed by atoms with E-state index in [4.69, 9.17) is 5.26 Å². The number of aromatic amines is 1. The Kier molecular flexibility index (Phi) is 3.11. The van der Waals surface area contributed by atoms with Gasteiger partial charge in [0.25, 0.3) is 0 Å². The molecule has 1 aromatic heterocycles. The van der Waals surface area contributed by atoms with Crippen molar-refractivity contribution in [3.63, 3.8) is 0 Å². The van der Waals surface area contributed by atoms with Gasteiger partial charge in [-0.2, -0.15) is 0 Å². The number of nitriles is 1. The Labute approximate surface area is 120 Å². The fraction of sp³-hybridized carbons (Fsp3) is 0. The Bertz CT molecular complexity index is 898. The number of nitrogens with one attached hydrogen (secondary N) is 1. The fourth-order valence-electron chi connectivity index (χ4n) is 1.95. The molecule has 0 amide bonds. The summed E-state index contributed by atoms with van der Waals surface area (Å²) in [5.41, 5.74) is 2.42. The third-order valence-corrected chi connectivity index (χ3v) is 4.73. The second-order valence-corrected chi connectivity index (χ2v) is 6.37. The molecule has 3 aromatic rings. The second kappa shape index (κ2) is 4.93. The van der Waals surface area contributed by atoms with Crippen LogP contribution >= 0.6 is 0 Å². The van der Waals surface area contributed by atoms with Crippen LogP contribution < -0.4 is 4.43 Å². The predicted octanol–water partition coefficient (Wildman–Crippen LogP) is 1.69. The SMILES string of the molecule is N#Cc1ccc(C(=O)c2ccc3[nH]c(=O)[se]c3c2)cc1. The Morgan fingerprint density at radius 3 is 2.50 bits per heavy atom. The molecule has 0 aliphatic heterocycles. The maximum atomic E-state index is 12.3. The third-order valence-electron chi connectivity index (χ3n) is 2.96. The van der Waals surface area contributed by atoms with Gasteiger partial charge in [-0.25, -0.2) is 0 Å². The standard InChI is InChI=1S/C15H8N2O2Se/c16-8-9-1-3-10(4-2-9)14(18)11-5-6-12-13(7-11)20-15(19)17-12/h1-7H,(H,17,19). The summed E-state index contributed by atoms with van der Waals surface area (Å²) < 4.78 is 0.914. The molecule has 0 aliphatic rings. The average molecular weight is 327 g/mol. The normalized spacial score (nSPS) is 10.3. The van der Waals surface area contributed by atoms with Crippen molar-refractivity contribution in [2.24, 2.45) is 0 Å². The number of ketones is 1. The van der Waals surface area contributed by atoms with Crippen molar-refractivity contribution in [2.45, 2.75) is 0 Å².